The molecule has 4 nitrogen and oxygen atoms in total. The summed E-state index contributed by atoms with van der Waals surface area (Å²) >= 11 is 3.40. The summed E-state index contributed by atoms with van der Waals surface area (Å²) in [5.74, 6) is 0. The minimum atomic E-state index is -0.687. The van der Waals surface area contributed by atoms with E-state index in [2.05, 4.69) is 21.2 Å². The monoisotopic (exact) mass is 377 g/mol. The molecule has 2 aromatic rings. The predicted octanol–water partition coefficient (Wildman–Crippen LogP) is 3.67. The van der Waals surface area contributed by atoms with Gasteiger partial charge in [-0.25, -0.2) is 4.79 Å². The molecule has 0 fully saturated rings. The highest BCUT2D eigenvalue weighted by Gasteiger charge is 2.17. The van der Waals surface area contributed by atoms with Crippen molar-refractivity contribution in [3.05, 3.63) is 70.2 Å². The maximum Gasteiger partial charge on any atom is 0.407 e. The Morgan fingerprint density at radius 1 is 1.17 bits per heavy atom. The highest BCUT2D eigenvalue weighted by molar-refractivity contribution is 9.10. The van der Waals surface area contributed by atoms with Gasteiger partial charge in [0.25, 0.3) is 0 Å². The molecule has 0 aliphatic rings. The van der Waals surface area contributed by atoms with Crippen LogP contribution in [-0.4, -0.2) is 23.3 Å². The zero-order chi connectivity index (χ0) is 16.7. The predicted molar refractivity (Wildman–Crippen MR) is 93.1 cm³/mol. The summed E-state index contributed by atoms with van der Waals surface area (Å²) in [7, 11) is 0. The fourth-order valence-corrected chi connectivity index (χ4v) is 2.58. The van der Waals surface area contributed by atoms with Gasteiger partial charge in [-0.2, -0.15) is 0 Å². The lowest BCUT2D eigenvalue weighted by Gasteiger charge is -2.20. The minimum absolute atomic E-state index is 0.209. The average Bonchev–Trinajstić information content (AvgIpc) is 2.54. The Balaban J connectivity index is 1.78. The van der Waals surface area contributed by atoms with Gasteiger partial charge in [0, 0.05) is 10.9 Å². The van der Waals surface area contributed by atoms with Crippen LogP contribution in [0.25, 0.3) is 0 Å². The van der Waals surface area contributed by atoms with Gasteiger partial charge in [0.05, 0.1) is 12.1 Å². The van der Waals surface area contributed by atoms with Crippen molar-refractivity contribution < 1.29 is 14.6 Å². The van der Waals surface area contributed by atoms with Crippen molar-refractivity contribution in [2.75, 3.05) is 0 Å². The van der Waals surface area contributed by atoms with Crippen molar-refractivity contribution in [3.8, 4) is 0 Å². The van der Waals surface area contributed by atoms with Crippen molar-refractivity contribution in [2.45, 2.75) is 32.1 Å². The summed E-state index contributed by atoms with van der Waals surface area (Å²) in [4.78, 5) is 11.8. The van der Waals surface area contributed by atoms with E-state index in [1.54, 1.807) is 6.92 Å². The summed E-state index contributed by atoms with van der Waals surface area (Å²) in [6.45, 7) is 1.97. The van der Waals surface area contributed by atoms with Gasteiger partial charge in [0.15, 0.2) is 0 Å². The third-order valence-corrected chi connectivity index (χ3v) is 3.96. The lowest BCUT2D eigenvalue weighted by atomic mass is 10.0. The molecule has 0 radical (unpaired) electrons. The van der Waals surface area contributed by atoms with Crippen LogP contribution in [0.15, 0.2) is 59.1 Å². The van der Waals surface area contributed by atoms with Crippen LogP contribution in [0.4, 0.5) is 4.79 Å². The number of aliphatic hydroxyl groups is 1. The second-order valence-corrected chi connectivity index (χ2v) is 6.31. The fraction of sp³-hybridized carbons (Fsp3) is 0.278. The molecule has 0 heterocycles. The number of nitrogens with one attached hydrogen (secondary N) is 1. The van der Waals surface area contributed by atoms with E-state index in [0.717, 1.165) is 15.6 Å². The van der Waals surface area contributed by atoms with Crippen LogP contribution >= 0.6 is 15.9 Å². The van der Waals surface area contributed by atoms with Crippen LogP contribution in [-0.2, 0) is 17.8 Å². The van der Waals surface area contributed by atoms with E-state index in [1.807, 2.05) is 54.6 Å². The second kappa shape index (κ2) is 8.70. The van der Waals surface area contributed by atoms with Gasteiger partial charge in [-0.05, 0) is 30.2 Å². The van der Waals surface area contributed by atoms with Crippen LogP contribution in [0.3, 0.4) is 0 Å². The summed E-state index contributed by atoms with van der Waals surface area (Å²) < 4.78 is 6.11. The standard InChI is InChI=1S/C18H20BrNO3/c1-13(17(21)11-15-8-5-9-16(19)10-15)20-18(22)23-12-14-6-3-2-4-7-14/h2-10,13,17,21H,11-12H2,1H3,(H,20,22). The molecule has 23 heavy (non-hydrogen) atoms. The Labute approximate surface area is 144 Å². The molecule has 2 rings (SSSR count). The van der Waals surface area contributed by atoms with Crippen LogP contribution in [0.2, 0.25) is 0 Å². The number of carbonyl (C=O) groups is 1. The Morgan fingerprint density at radius 3 is 2.57 bits per heavy atom. The molecule has 2 N–H and O–H groups in total. The Kier molecular flexibility index (Phi) is 6.62. The van der Waals surface area contributed by atoms with Gasteiger partial charge in [0.1, 0.15) is 6.61 Å². The molecule has 2 atom stereocenters. The Hall–Kier alpha value is -1.85. The number of rotatable bonds is 6. The SMILES string of the molecule is CC(NC(=O)OCc1ccccc1)C(O)Cc1cccc(Br)c1. The zero-order valence-corrected chi connectivity index (χ0v) is 14.5. The van der Waals surface area contributed by atoms with Crippen molar-refractivity contribution in [2.24, 2.45) is 0 Å². The van der Waals surface area contributed by atoms with Crippen LogP contribution < -0.4 is 5.32 Å². The number of aliphatic hydroxyl groups excluding tert-OH is 1. The van der Waals surface area contributed by atoms with Crippen LogP contribution in [0, 0.1) is 0 Å². The molecule has 0 aromatic heterocycles. The van der Waals surface area contributed by atoms with Crippen molar-refractivity contribution in [1.82, 2.24) is 5.32 Å². The number of ether oxygens (including phenoxy) is 1. The highest BCUT2D eigenvalue weighted by Crippen LogP contribution is 2.14. The first-order chi connectivity index (χ1) is 11.0. The fourth-order valence-electron chi connectivity index (χ4n) is 2.13. The van der Waals surface area contributed by atoms with Gasteiger partial charge in [0.2, 0.25) is 0 Å². The molecule has 0 saturated carbocycles. The first-order valence-corrected chi connectivity index (χ1v) is 8.23. The Bertz CT molecular complexity index is 633. The first-order valence-electron chi connectivity index (χ1n) is 7.44. The van der Waals surface area contributed by atoms with E-state index >= 15 is 0 Å². The van der Waals surface area contributed by atoms with Crippen molar-refractivity contribution >= 4 is 22.0 Å². The summed E-state index contributed by atoms with van der Waals surface area (Å²) in [5.41, 5.74) is 1.92. The zero-order valence-electron chi connectivity index (χ0n) is 12.9. The topological polar surface area (TPSA) is 58.6 Å². The number of halogens is 1. The molecular weight excluding hydrogens is 358 g/mol. The third kappa shape index (κ3) is 6.04. The van der Waals surface area contributed by atoms with Crippen LogP contribution in [0.1, 0.15) is 18.1 Å². The molecule has 0 aliphatic heterocycles. The molecule has 0 spiro atoms. The van der Waals surface area contributed by atoms with Gasteiger partial charge < -0.3 is 15.2 Å². The molecule has 0 aliphatic carbocycles. The number of hydrogen-bond donors (Lipinski definition) is 2. The minimum Gasteiger partial charge on any atom is -0.445 e. The lowest BCUT2D eigenvalue weighted by Crippen LogP contribution is -2.42. The maximum atomic E-state index is 11.8. The van der Waals surface area contributed by atoms with Crippen molar-refractivity contribution in [3.63, 3.8) is 0 Å². The molecular formula is C18H20BrNO3. The smallest absolute Gasteiger partial charge is 0.407 e. The second-order valence-electron chi connectivity index (χ2n) is 5.40. The number of benzene rings is 2. The van der Waals surface area contributed by atoms with E-state index in [9.17, 15) is 9.90 Å². The van der Waals surface area contributed by atoms with E-state index in [-0.39, 0.29) is 6.61 Å². The van der Waals surface area contributed by atoms with Gasteiger partial charge in [-0.15, -0.1) is 0 Å². The Morgan fingerprint density at radius 2 is 1.87 bits per heavy atom. The molecule has 1 amide bonds. The number of amides is 1. The number of carbonyl (C=O) groups excluding carboxylic acids is 1. The number of alkyl carbamates (subject to hydrolysis) is 1. The largest absolute Gasteiger partial charge is 0.445 e. The molecule has 5 heteroatoms. The van der Waals surface area contributed by atoms with Crippen molar-refractivity contribution in [1.29, 1.82) is 0 Å². The van der Waals surface area contributed by atoms with Crippen LogP contribution in [0.5, 0.6) is 0 Å². The molecule has 0 bridgehead atoms. The molecule has 0 saturated heterocycles. The van der Waals surface area contributed by atoms with E-state index < -0.39 is 18.2 Å². The van der Waals surface area contributed by atoms with E-state index in [0.29, 0.717) is 6.42 Å². The van der Waals surface area contributed by atoms with Gasteiger partial charge in [-0.1, -0.05) is 58.4 Å². The molecule has 2 unspecified atom stereocenters. The summed E-state index contributed by atoms with van der Waals surface area (Å²) in [6, 6.07) is 16.8. The number of hydrogen-bond acceptors (Lipinski definition) is 3. The normalized spacial score (nSPS) is 13.2. The van der Waals surface area contributed by atoms with E-state index in [1.165, 1.54) is 0 Å². The summed E-state index contributed by atoms with van der Waals surface area (Å²) in [6.07, 6.45) is -0.761. The average molecular weight is 378 g/mol. The molecule has 122 valence electrons. The van der Waals surface area contributed by atoms with E-state index in [4.69, 9.17) is 4.74 Å². The maximum absolute atomic E-state index is 11.8. The highest BCUT2D eigenvalue weighted by atomic mass is 79.9. The summed E-state index contributed by atoms with van der Waals surface area (Å²) in [5, 5.41) is 12.9. The van der Waals surface area contributed by atoms with Gasteiger partial charge in [-0.3, -0.25) is 0 Å². The third-order valence-electron chi connectivity index (χ3n) is 3.47. The lowest BCUT2D eigenvalue weighted by molar-refractivity contribution is 0.106. The molecule has 2 aromatic carbocycles. The quantitative estimate of drug-likeness (QED) is 0.807. The first kappa shape index (κ1) is 17.5. The van der Waals surface area contributed by atoms with Gasteiger partial charge >= 0.3 is 6.09 Å².